The van der Waals surface area contributed by atoms with E-state index in [-0.39, 0.29) is 6.54 Å². The molecule has 0 aliphatic rings. The molecular weight excluding hydrogens is 252 g/mol. The first-order valence-corrected chi connectivity index (χ1v) is 6.02. The van der Waals surface area contributed by atoms with E-state index in [2.05, 4.69) is 5.10 Å². The third-order valence-corrected chi connectivity index (χ3v) is 2.58. The Balaban J connectivity index is 2.22. The quantitative estimate of drug-likeness (QED) is 0.906. The number of nitrogens with zero attached hydrogens (tertiary/aromatic N) is 2. The number of halogens is 2. The molecule has 2 N–H and O–H groups in total. The van der Waals surface area contributed by atoms with E-state index >= 15 is 0 Å². The van der Waals surface area contributed by atoms with Crippen LogP contribution in [0.5, 0.6) is 11.5 Å². The van der Waals surface area contributed by atoms with E-state index in [1.165, 1.54) is 6.20 Å². The van der Waals surface area contributed by atoms with Gasteiger partial charge in [-0.1, -0.05) is 6.92 Å². The second-order valence-electron chi connectivity index (χ2n) is 4.13. The Morgan fingerprint density at radius 3 is 2.58 bits per heavy atom. The van der Waals surface area contributed by atoms with Gasteiger partial charge in [-0.15, -0.1) is 0 Å². The van der Waals surface area contributed by atoms with E-state index in [0.717, 1.165) is 25.1 Å². The minimum Gasteiger partial charge on any atom is -0.448 e. The van der Waals surface area contributed by atoms with Crippen LogP contribution in [0.1, 0.15) is 18.9 Å². The van der Waals surface area contributed by atoms with Crippen LogP contribution in [0.4, 0.5) is 8.78 Å². The number of nitrogens with two attached hydrogens (primary N) is 1. The molecular formula is C13H15F2N3O. The van der Waals surface area contributed by atoms with Crippen molar-refractivity contribution in [3.8, 4) is 11.5 Å². The number of hydrogen-bond donors (Lipinski definition) is 1. The molecule has 19 heavy (non-hydrogen) atoms. The van der Waals surface area contributed by atoms with Gasteiger partial charge in [0.05, 0.1) is 12.4 Å². The van der Waals surface area contributed by atoms with Crippen LogP contribution in [0.3, 0.4) is 0 Å². The Bertz CT molecular complexity index is 546. The minimum absolute atomic E-state index is 0.0720. The molecule has 1 aromatic carbocycles. The molecule has 2 rings (SSSR count). The summed E-state index contributed by atoms with van der Waals surface area (Å²) in [7, 11) is 0. The lowest BCUT2D eigenvalue weighted by Gasteiger charge is -2.07. The molecule has 0 saturated carbocycles. The van der Waals surface area contributed by atoms with Crippen LogP contribution in [0, 0.1) is 11.6 Å². The Morgan fingerprint density at radius 1 is 1.32 bits per heavy atom. The summed E-state index contributed by atoms with van der Waals surface area (Å²) in [5.74, 6) is -1.69. The number of rotatable bonds is 5. The summed E-state index contributed by atoms with van der Waals surface area (Å²) in [6, 6.07) is 2.32. The Labute approximate surface area is 109 Å². The molecule has 0 amide bonds. The molecule has 0 aliphatic carbocycles. The highest BCUT2D eigenvalue weighted by molar-refractivity contribution is 5.34. The van der Waals surface area contributed by atoms with Gasteiger partial charge >= 0.3 is 0 Å². The number of ether oxygens (including phenoxy) is 1. The lowest BCUT2D eigenvalue weighted by atomic mass is 10.2. The number of aromatic nitrogens is 2. The maximum Gasteiger partial charge on any atom is 0.198 e. The summed E-state index contributed by atoms with van der Waals surface area (Å²) < 4.78 is 34.2. The van der Waals surface area contributed by atoms with Crippen LogP contribution in [0.15, 0.2) is 24.5 Å². The van der Waals surface area contributed by atoms with Crippen molar-refractivity contribution in [2.24, 2.45) is 5.73 Å². The van der Waals surface area contributed by atoms with E-state index in [0.29, 0.717) is 11.3 Å². The van der Waals surface area contributed by atoms with Crippen molar-refractivity contribution in [2.45, 2.75) is 26.4 Å². The van der Waals surface area contributed by atoms with E-state index in [1.54, 1.807) is 10.9 Å². The van der Waals surface area contributed by atoms with Crippen molar-refractivity contribution in [1.29, 1.82) is 0 Å². The predicted molar refractivity (Wildman–Crippen MR) is 66.8 cm³/mol. The second kappa shape index (κ2) is 5.79. The monoisotopic (exact) mass is 267 g/mol. The van der Waals surface area contributed by atoms with Gasteiger partial charge in [0, 0.05) is 13.1 Å². The van der Waals surface area contributed by atoms with Crippen LogP contribution in [-0.4, -0.2) is 9.78 Å². The molecule has 0 radical (unpaired) electrons. The number of benzene rings is 1. The van der Waals surface area contributed by atoms with Gasteiger partial charge in [-0.3, -0.25) is 4.68 Å². The molecule has 0 aliphatic heterocycles. The first kappa shape index (κ1) is 13.5. The average Bonchev–Trinajstić information content (AvgIpc) is 2.81. The third-order valence-electron chi connectivity index (χ3n) is 2.58. The van der Waals surface area contributed by atoms with Crippen LogP contribution in [0.25, 0.3) is 0 Å². The lowest BCUT2D eigenvalue weighted by Crippen LogP contribution is -2.00. The lowest BCUT2D eigenvalue weighted by molar-refractivity contribution is 0.406. The zero-order valence-electron chi connectivity index (χ0n) is 10.6. The third kappa shape index (κ3) is 3.08. The molecule has 0 spiro atoms. The van der Waals surface area contributed by atoms with Gasteiger partial charge in [0.2, 0.25) is 0 Å². The zero-order valence-corrected chi connectivity index (χ0v) is 10.6. The highest BCUT2D eigenvalue weighted by atomic mass is 19.1. The topological polar surface area (TPSA) is 53.1 Å². The van der Waals surface area contributed by atoms with Crippen molar-refractivity contribution in [3.05, 3.63) is 41.7 Å². The van der Waals surface area contributed by atoms with Crippen molar-refractivity contribution >= 4 is 0 Å². The highest BCUT2D eigenvalue weighted by Crippen LogP contribution is 2.28. The molecule has 102 valence electrons. The highest BCUT2D eigenvalue weighted by Gasteiger charge is 2.14. The molecule has 0 atom stereocenters. The van der Waals surface area contributed by atoms with Crippen LogP contribution in [-0.2, 0) is 13.1 Å². The molecule has 6 heteroatoms. The van der Waals surface area contributed by atoms with Gasteiger partial charge in [0.15, 0.2) is 23.1 Å². The molecule has 0 fully saturated rings. The first-order valence-electron chi connectivity index (χ1n) is 6.02. The zero-order chi connectivity index (χ0) is 13.8. The molecule has 0 unspecified atom stereocenters. The normalized spacial score (nSPS) is 10.7. The van der Waals surface area contributed by atoms with Gasteiger partial charge in [-0.2, -0.15) is 5.10 Å². The SMILES string of the molecule is CCCn1cc(Oc2c(F)cc(CN)cc2F)cn1. The Morgan fingerprint density at radius 2 is 2.00 bits per heavy atom. The molecule has 2 aromatic rings. The maximum atomic E-state index is 13.7. The molecule has 4 nitrogen and oxygen atoms in total. The Kier molecular flexibility index (Phi) is 4.11. The molecule has 1 aromatic heterocycles. The van der Waals surface area contributed by atoms with Gasteiger partial charge in [0.25, 0.3) is 0 Å². The molecule has 0 saturated heterocycles. The number of aryl methyl sites for hydroxylation is 1. The van der Waals surface area contributed by atoms with E-state index in [1.807, 2.05) is 6.92 Å². The van der Waals surface area contributed by atoms with E-state index < -0.39 is 17.4 Å². The Hall–Kier alpha value is -1.95. The van der Waals surface area contributed by atoms with Crippen molar-refractivity contribution < 1.29 is 13.5 Å². The largest absolute Gasteiger partial charge is 0.448 e. The van der Waals surface area contributed by atoms with Crippen LogP contribution >= 0.6 is 0 Å². The van der Waals surface area contributed by atoms with Gasteiger partial charge in [0.1, 0.15) is 0 Å². The summed E-state index contributed by atoms with van der Waals surface area (Å²) in [6.07, 6.45) is 3.93. The summed E-state index contributed by atoms with van der Waals surface area (Å²) in [4.78, 5) is 0. The van der Waals surface area contributed by atoms with Crippen molar-refractivity contribution in [2.75, 3.05) is 0 Å². The second-order valence-corrected chi connectivity index (χ2v) is 4.13. The van der Waals surface area contributed by atoms with Gasteiger partial charge in [-0.25, -0.2) is 8.78 Å². The van der Waals surface area contributed by atoms with Crippen LogP contribution < -0.4 is 10.5 Å². The summed E-state index contributed by atoms with van der Waals surface area (Å²) in [5.41, 5.74) is 5.72. The van der Waals surface area contributed by atoms with Crippen LogP contribution in [0.2, 0.25) is 0 Å². The predicted octanol–water partition coefficient (Wildman–Crippen LogP) is 2.82. The fourth-order valence-electron chi connectivity index (χ4n) is 1.69. The number of hydrogen-bond acceptors (Lipinski definition) is 3. The standard InChI is InChI=1S/C13H15F2N3O/c1-2-3-18-8-10(7-17-18)19-13-11(14)4-9(6-16)5-12(13)15/h4-5,7-8H,2-3,6,16H2,1H3. The average molecular weight is 267 g/mol. The fraction of sp³-hybridized carbons (Fsp3) is 0.308. The van der Waals surface area contributed by atoms with Gasteiger partial charge in [-0.05, 0) is 24.1 Å². The maximum absolute atomic E-state index is 13.7. The van der Waals surface area contributed by atoms with E-state index in [9.17, 15) is 8.78 Å². The van der Waals surface area contributed by atoms with Crippen molar-refractivity contribution in [1.82, 2.24) is 9.78 Å². The summed E-state index contributed by atoms with van der Waals surface area (Å²) >= 11 is 0. The molecule has 0 bridgehead atoms. The summed E-state index contributed by atoms with van der Waals surface area (Å²) in [5, 5.41) is 4.02. The van der Waals surface area contributed by atoms with Gasteiger partial charge < -0.3 is 10.5 Å². The van der Waals surface area contributed by atoms with E-state index in [4.69, 9.17) is 10.5 Å². The fourth-order valence-corrected chi connectivity index (χ4v) is 1.69. The minimum atomic E-state index is -0.774. The summed E-state index contributed by atoms with van der Waals surface area (Å²) in [6.45, 7) is 2.80. The van der Waals surface area contributed by atoms with Crippen molar-refractivity contribution in [3.63, 3.8) is 0 Å². The first-order chi connectivity index (χ1) is 9.13. The molecule has 1 heterocycles. The smallest absolute Gasteiger partial charge is 0.198 e.